The van der Waals surface area contributed by atoms with E-state index in [1.165, 1.54) is 14.2 Å². The lowest BCUT2D eigenvalue weighted by Crippen LogP contribution is -2.21. The first-order valence-corrected chi connectivity index (χ1v) is 8.40. The van der Waals surface area contributed by atoms with Crippen LogP contribution in [0, 0.1) is 0 Å². The standard InChI is InChI=1S/C20H19N3O5/c1-26-14-8-9-18(27-2)16(10-14)21-19(24)12-28-20(25)17-11-15(22-23-17)13-6-4-3-5-7-13/h3-11H,12H2,1-2H3,(H,21,24)(H,22,23). The molecule has 0 fully saturated rings. The van der Waals surface area contributed by atoms with Crippen molar-refractivity contribution in [2.75, 3.05) is 26.1 Å². The van der Waals surface area contributed by atoms with Gasteiger partial charge in [0.1, 0.15) is 17.2 Å². The van der Waals surface area contributed by atoms with Gasteiger partial charge in [-0.1, -0.05) is 30.3 Å². The van der Waals surface area contributed by atoms with E-state index in [1.54, 1.807) is 24.3 Å². The van der Waals surface area contributed by atoms with Crippen molar-refractivity contribution in [1.29, 1.82) is 0 Å². The number of nitrogens with zero attached hydrogens (tertiary/aromatic N) is 1. The van der Waals surface area contributed by atoms with Gasteiger partial charge in [0.05, 0.1) is 25.6 Å². The molecule has 8 nitrogen and oxygen atoms in total. The zero-order valence-corrected chi connectivity index (χ0v) is 15.4. The molecule has 0 aliphatic rings. The number of carbonyl (C=O) groups excluding carboxylic acids is 2. The van der Waals surface area contributed by atoms with Crippen LogP contribution in [0.4, 0.5) is 5.69 Å². The molecule has 0 saturated carbocycles. The molecule has 3 rings (SSSR count). The summed E-state index contributed by atoms with van der Waals surface area (Å²) in [6.45, 7) is -0.459. The van der Waals surface area contributed by atoms with Crippen molar-refractivity contribution in [2.45, 2.75) is 0 Å². The lowest BCUT2D eigenvalue weighted by Gasteiger charge is -2.11. The fourth-order valence-electron chi connectivity index (χ4n) is 2.49. The Labute approximate surface area is 161 Å². The van der Waals surface area contributed by atoms with E-state index in [-0.39, 0.29) is 5.69 Å². The zero-order chi connectivity index (χ0) is 19.9. The Morgan fingerprint density at radius 3 is 2.54 bits per heavy atom. The molecule has 1 heterocycles. The van der Waals surface area contributed by atoms with Crippen molar-refractivity contribution >= 4 is 17.6 Å². The maximum atomic E-state index is 12.2. The van der Waals surface area contributed by atoms with Crippen molar-refractivity contribution in [1.82, 2.24) is 10.2 Å². The van der Waals surface area contributed by atoms with Crippen LogP contribution in [0.15, 0.2) is 54.6 Å². The number of aromatic amines is 1. The molecule has 0 bridgehead atoms. The highest BCUT2D eigenvalue weighted by atomic mass is 16.5. The number of nitrogens with one attached hydrogen (secondary N) is 2. The second kappa shape index (κ2) is 8.72. The SMILES string of the molecule is COc1ccc(OC)c(NC(=O)COC(=O)c2cc(-c3ccccc3)n[nH]2)c1. The summed E-state index contributed by atoms with van der Waals surface area (Å²) in [6, 6.07) is 15.9. The van der Waals surface area contributed by atoms with E-state index in [1.807, 2.05) is 30.3 Å². The lowest BCUT2D eigenvalue weighted by atomic mass is 10.1. The number of H-pyrrole nitrogens is 1. The number of carbonyl (C=O) groups is 2. The number of esters is 1. The molecule has 0 unspecified atom stereocenters. The number of anilines is 1. The van der Waals surface area contributed by atoms with Crippen LogP contribution < -0.4 is 14.8 Å². The predicted octanol–water partition coefficient (Wildman–Crippen LogP) is 2.89. The number of amides is 1. The van der Waals surface area contributed by atoms with Gasteiger partial charge in [0.25, 0.3) is 5.91 Å². The minimum Gasteiger partial charge on any atom is -0.497 e. The lowest BCUT2D eigenvalue weighted by molar-refractivity contribution is -0.119. The monoisotopic (exact) mass is 381 g/mol. The van der Waals surface area contributed by atoms with Crippen LogP contribution in [-0.2, 0) is 9.53 Å². The number of hydrogen-bond acceptors (Lipinski definition) is 6. The van der Waals surface area contributed by atoms with Crippen molar-refractivity contribution < 1.29 is 23.8 Å². The van der Waals surface area contributed by atoms with Gasteiger partial charge in [-0.25, -0.2) is 4.79 Å². The summed E-state index contributed by atoms with van der Waals surface area (Å²) >= 11 is 0. The summed E-state index contributed by atoms with van der Waals surface area (Å²) in [6.07, 6.45) is 0. The number of ether oxygens (including phenoxy) is 3. The van der Waals surface area contributed by atoms with Crippen LogP contribution in [0.2, 0.25) is 0 Å². The van der Waals surface area contributed by atoms with Gasteiger partial charge in [0.2, 0.25) is 0 Å². The molecule has 3 aromatic rings. The molecule has 0 atom stereocenters. The van der Waals surface area contributed by atoms with Gasteiger partial charge >= 0.3 is 5.97 Å². The van der Waals surface area contributed by atoms with Crippen molar-refractivity contribution in [3.63, 3.8) is 0 Å². The molecular weight excluding hydrogens is 362 g/mol. The minimum absolute atomic E-state index is 0.158. The second-order valence-electron chi connectivity index (χ2n) is 5.72. The average molecular weight is 381 g/mol. The third kappa shape index (κ3) is 4.47. The molecule has 0 spiro atoms. The molecule has 0 radical (unpaired) electrons. The fraction of sp³-hybridized carbons (Fsp3) is 0.150. The smallest absolute Gasteiger partial charge is 0.356 e. The quantitative estimate of drug-likeness (QED) is 0.610. The molecule has 0 aliphatic carbocycles. The Hall–Kier alpha value is -3.81. The Morgan fingerprint density at radius 1 is 1.04 bits per heavy atom. The number of hydrogen-bond donors (Lipinski definition) is 2. The Morgan fingerprint density at radius 2 is 1.82 bits per heavy atom. The molecule has 0 saturated heterocycles. The highest BCUT2D eigenvalue weighted by Gasteiger charge is 2.15. The average Bonchev–Trinajstić information content (AvgIpc) is 3.23. The summed E-state index contributed by atoms with van der Waals surface area (Å²) < 4.78 is 15.4. The van der Waals surface area contributed by atoms with E-state index in [0.29, 0.717) is 22.9 Å². The van der Waals surface area contributed by atoms with E-state index >= 15 is 0 Å². The second-order valence-corrected chi connectivity index (χ2v) is 5.72. The summed E-state index contributed by atoms with van der Waals surface area (Å²) in [5, 5.41) is 9.33. The van der Waals surface area contributed by atoms with Gasteiger partial charge in [-0.2, -0.15) is 5.10 Å². The van der Waals surface area contributed by atoms with Crippen LogP contribution in [0.1, 0.15) is 10.5 Å². The van der Waals surface area contributed by atoms with Crippen molar-refractivity contribution in [3.05, 3.63) is 60.3 Å². The van der Waals surface area contributed by atoms with Crippen LogP contribution in [0.3, 0.4) is 0 Å². The Bertz CT molecular complexity index is 969. The topological polar surface area (TPSA) is 103 Å². The normalized spacial score (nSPS) is 10.2. The van der Waals surface area contributed by atoms with E-state index in [0.717, 1.165) is 5.56 Å². The molecule has 144 valence electrons. The molecule has 28 heavy (non-hydrogen) atoms. The maximum absolute atomic E-state index is 12.2. The van der Waals surface area contributed by atoms with Gasteiger partial charge in [-0.15, -0.1) is 0 Å². The maximum Gasteiger partial charge on any atom is 0.356 e. The number of aromatic nitrogens is 2. The summed E-state index contributed by atoms with van der Waals surface area (Å²) in [7, 11) is 3.00. The Kier molecular flexibility index (Phi) is 5.91. The van der Waals surface area contributed by atoms with E-state index in [9.17, 15) is 9.59 Å². The zero-order valence-electron chi connectivity index (χ0n) is 15.4. The van der Waals surface area contributed by atoms with Gasteiger partial charge in [0.15, 0.2) is 6.61 Å². The van der Waals surface area contributed by atoms with Crippen LogP contribution in [0.25, 0.3) is 11.3 Å². The van der Waals surface area contributed by atoms with E-state index < -0.39 is 18.5 Å². The van der Waals surface area contributed by atoms with Crippen LogP contribution in [0.5, 0.6) is 11.5 Å². The number of rotatable bonds is 7. The largest absolute Gasteiger partial charge is 0.497 e. The van der Waals surface area contributed by atoms with E-state index in [2.05, 4.69) is 15.5 Å². The van der Waals surface area contributed by atoms with Crippen LogP contribution >= 0.6 is 0 Å². The molecule has 1 amide bonds. The highest BCUT2D eigenvalue weighted by molar-refractivity contribution is 5.96. The first-order valence-electron chi connectivity index (χ1n) is 8.40. The first kappa shape index (κ1) is 19.0. The summed E-state index contributed by atoms with van der Waals surface area (Å²) in [5.41, 5.74) is 2.04. The molecule has 0 aliphatic heterocycles. The first-order chi connectivity index (χ1) is 13.6. The Balaban J connectivity index is 1.59. The van der Waals surface area contributed by atoms with E-state index in [4.69, 9.17) is 14.2 Å². The van der Waals surface area contributed by atoms with Gasteiger partial charge in [-0.3, -0.25) is 9.89 Å². The molecule has 8 heteroatoms. The fourth-order valence-corrected chi connectivity index (χ4v) is 2.49. The number of methoxy groups -OCH3 is 2. The molecule has 1 aromatic heterocycles. The highest BCUT2D eigenvalue weighted by Crippen LogP contribution is 2.28. The third-order valence-corrected chi connectivity index (χ3v) is 3.88. The van der Waals surface area contributed by atoms with Crippen LogP contribution in [-0.4, -0.2) is 42.9 Å². The molecular formula is C20H19N3O5. The third-order valence-electron chi connectivity index (χ3n) is 3.88. The molecule has 2 aromatic carbocycles. The summed E-state index contributed by atoms with van der Waals surface area (Å²) in [5.74, 6) is -0.175. The molecule has 2 N–H and O–H groups in total. The van der Waals surface area contributed by atoms with Gasteiger partial charge < -0.3 is 19.5 Å². The number of benzene rings is 2. The predicted molar refractivity (Wildman–Crippen MR) is 102 cm³/mol. The van der Waals surface area contributed by atoms with Gasteiger partial charge in [-0.05, 0) is 18.2 Å². The van der Waals surface area contributed by atoms with Crippen molar-refractivity contribution in [3.8, 4) is 22.8 Å². The minimum atomic E-state index is -0.678. The van der Waals surface area contributed by atoms with Gasteiger partial charge in [0, 0.05) is 11.6 Å². The summed E-state index contributed by atoms with van der Waals surface area (Å²) in [4.78, 5) is 24.3. The van der Waals surface area contributed by atoms with Crippen molar-refractivity contribution in [2.24, 2.45) is 0 Å².